The summed E-state index contributed by atoms with van der Waals surface area (Å²) in [5.41, 5.74) is 2.70. The summed E-state index contributed by atoms with van der Waals surface area (Å²) in [6.07, 6.45) is 4.57. The summed E-state index contributed by atoms with van der Waals surface area (Å²) in [6, 6.07) is 18.1. The Labute approximate surface area is 223 Å². The number of carboxylic acids is 1. The summed E-state index contributed by atoms with van der Waals surface area (Å²) in [4.78, 5) is 15.0. The zero-order chi connectivity index (χ0) is 26.7. The van der Waals surface area contributed by atoms with Crippen molar-refractivity contribution in [1.82, 2.24) is 4.31 Å². The number of rotatable bonds is 8. The van der Waals surface area contributed by atoms with Gasteiger partial charge in [-0.3, -0.25) is 0 Å². The summed E-state index contributed by atoms with van der Waals surface area (Å²) in [6.45, 7) is 2.63. The van der Waals surface area contributed by atoms with Gasteiger partial charge in [-0.15, -0.1) is 11.8 Å². The summed E-state index contributed by atoms with van der Waals surface area (Å²) < 4.78 is 35.1. The zero-order valence-electron chi connectivity index (χ0n) is 21.5. The number of nitrogens with zero attached hydrogens (tertiary/aromatic N) is 2. The minimum atomic E-state index is -3.85. The molecule has 7 nitrogen and oxygen atoms in total. The normalized spacial score (nSPS) is 17.2. The molecule has 1 aliphatic heterocycles. The molecule has 0 fully saturated rings. The molecule has 37 heavy (non-hydrogen) atoms. The van der Waals surface area contributed by atoms with Crippen LogP contribution in [0.1, 0.15) is 36.5 Å². The average molecular weight is 541 g/mol. The van der Waals surface area contributed by atoms with E-state index >= 15 is 0 Å². The average Bonchev–Trinajstić information content (AvgIpc) is 2.99. The quantitative estimate of drug-likeness (QED) is 0.345. The smallest absolute Gasteiger partial charge is 0.339 e. The van der Waals surface area contributed by atoms with Crippen LogP contribution in [0.3, 0.4) is 0 Å². The fourth-order valence-electron chi connectivity index (χ4n) is 4.82. The second kappa shape index (κ2) is 11.2. The summed E-state index contributed by atoms with van der Waals surface area (Å²) in [7, 11) is -0.775. The highest BCUT2D eigenvalue weighted by molar-refractivity contribution is 7.98. The van der Waals surface area contributed by atoms with Gasteiger partial charge in [-0.25, -0.2) is 13.2 Å². The number of hydrogen-bond acceptors (Lipinski definition) is 6. The molecule has 0 saturated heterocycles. The van der Waals surface area contributed by atoms with Gasteiger partial charge in [0.25, 0.3) is 0 Å². The summed E-state index contributed by atoms with van der Waals surface area (Å²) in [5, 5.41) is 9.71. The number of ether oxygens (including phenoxy) is 1. The highest BCUT2D eigenvalue weighted by atomic mass is 32.2. The van der Waals surface area contributed by atoms with E-state index in [2.05, 4.69) is 11.8 Å². The van der Waals surface area contributed by atoms with Crippen molar-refractivity contribution < 1.29 is 23.1 Å². The van der Waals surface area contributed by atoms with Crippen LogP contribution in [0.15, 0.2) is 70.5 Å². The van der Waals surface area contributed by atoms with Gasteiger partial charge in [-0.2, -0.15) is 4.31 Å². The fraction of sp³-hybridized carbons (Fsp3) is 0.321. The Hall–Kier alpha value is -3.01. The first-order chi connectivity index (χ1) is 17.7. The Morgan fingerprint density at radius 3 is 2.46 bits per heavy atom. The van der Waals surface area contributed by atoms with E-state index in [4.69, 9.17) is 4.74 Å². The number of likely N-dealkylation sites (N-methyl/N-ethyl adjacent to an activating group) is 1. The lowest BCUT2D eigenvalue weighted by atomic mass is 10.00. The van der Waals surface area contributed by atoms with Gasteiger partial charge >= 0.3 is 5.97 Å². The number of unbranched alkanes of at least 4 members (excludes halogenated alkanes) is 1. The van der Waals surface area contributed by atoms with Crippen LogP contribution < -0.4 is 9.64 Å². The Balaban J connectivity index is 2.02. The van der Waals surface area contributed by atoms with Crippen LogP contribution in [-0.2, 0) is 10.0 Å². The third kappa shape index (κ3) is 5.08. The van der Waals surface area contributed by atoms with Gasteiger partial charge in [0.05, 0.1) is 12.8 Å². The zero-order valence-corrected chi connectivity index (χ0v) is 23.1. The Morgan fingerprint density at radius 2 is 1.84 bits per heavy atom. The Morgan fingerprint density at radius 1 is 1.11 bits per heavy atom. The van der Waals surface area contributed by atoms with Crippen molar-refractivity contribution in [2.24, 2.45) is 0 Å². The van der Waals surface area contributed by atoms with E-state index in [0.717, 1.165) is 29.8 Å². The van der Waals surface area contributed by atoms with Crippen molar-refractivity contribution in [3.8, 4) is 16.9 Å². The molecule has 1 unspecified atom stereocenters. The molecule has 196 valence electrons. The maximum Gasteiger partial charge on any atom is 0.339 e. The maximum absolute atomic E-state index is 14.1. The van der Waals surface area contributed by atoms with E-state index in [9.17, 15) is 18.3 Å². The molecule has 4 rings (SSSR count). The first-order valence-corrected chi connectivity index (χ1v) is 14.8. The molecule has 0 radical (unpaired) electrons. The van der Waals surface area contributed by atoms with E-state index in [1.807, 2.05) is 42.7 Å². The summed E-state index contributed by atoms with van der Waals surface area (Å²) >= 11 is 1.48. The molecule has 1 heterocycles. The topological polar surface area (TPSA) is 87.1 Å². The maximum atomic E-state index is 14.1. The van der Waals surface area contributed by atoms with Crippen molar-refractivity contribution in [2.45, 2.75) is 42.0 Å². The standard InChI is InChI=1S/C28H32N2O5S2/c1-5-6-11-20-18-30(19-12-8-7-9-13-19)24-17-25(36-4)23(16-26(24)37(33,34)29(20)2)21-14-10-15-22(28(31)32)27(21)35-3/h7-10,12-17,20H,5-6,11,18H2,1-4H3,(H,31,32). The second-order valence-electron chi connectivity index (χ2n) is 8.98. The van der Waals surface area contributed by atoms with Crippen LogP contribution in [0.5, 0.6) is 5.75 Å². The van der Waals surface area contributed by atoms with Gasteiger partial charge in [-0.1, -0.05) is 50.1 Å². The van der Waals surface area contributed by atoms with Crippen LogP contribution in [0.4, 0.5) is 11.4 Å². The van der Waals surface area contributed by atoms with Crippen molar-refractivity contribution in [1.29, 1.82) is 0 Å². The van der Waals surface area contributed by atoms with Crippen molar-refractivity contribution >= 4 is 39.1 Å². The fourth-order valence-corrected chi connectivity index (χ4v) is 7.02. The molecule has 0 bridgehead atoms. The largest absolute Gasteiger partial charge is 0.495 e. The molecule has 1 aliphatic rings. The highest BCUT2D eigenvalue weighted by Crippen LogP contribution is 2.46. The van der Waals surface area contributed by atoms with Crippen LogP contribution >= 0.6 is 11.8 Å². The molecule has 9 heteroatoms. The number of methoxy groups -OCH3 is 1. The minimum absolute atomic E-state index is 0.0208. The van der Waals surface area contributed by atoms with Gasteiger partial charge in [0.2, 0.25) is 10.0 Å². The molecule has 0 aliphatic carbocycles. The first kappa shape index (κ1) is 27.0. The van der Waals surface area contributed by atoms with Crippen molar-refractivity contribution in [2.75, 3.05) is 31.9 Å². The van der Waals surface area contributed by atoms with Crippen LogP contribution in [-0.4, -0.2) is 56.8 Å². The molecule has 0 aromatic heterocycles. The van der Waals surface area contributed by atoms with E-state index in [1.165, 1.54) is 29.2 Å². The lowest BCUT2D eigenvalue weighted by Crippen LogP contribution is -2.40. The van der Waals surface area contributed by atoms with Gasteiger partial charge in [0.1, 0.15) is 16.2 Å². The molecule has 0 spiro atoms. The predicted molar refractivity (Wildman–Crippen MR) is 149 cm³/mol. The minimum Gasteiger partial charge on any atom is -0.495 e. The highest BCUT2D eigenvalue weighted by Gasteiger charge is 2.37. The van der Waals surface area contributed by atoms with E-state index in [-0.39, 0.29) is 22.3 Å². The van der Waals surface area contributed by atoms with Gasteiger partial charge in [0, 0.05) is 41.3 Å². The number of carboxylic acid groups (broad SMARTS) is 1. The Kier molecular flexibility index (Phi) is 8.16. The summed E-state index contributed by atoms with van der Waals surface area (Å²) in [5.74, 6) is -0.911. The molecule has 1 N–H and O–H groups in total. The van der Waals surface area contributed by atoms with E-state index < -0.39 is 16.0 Å². The molecular formula is C28H32N2O5S2. The van der Waals surface area contributed by atoms with Gasteiger partial charge in [-0.05, 0) is 43.0 Å². The molecular weight excluding hydrogens is 508 g/mol. The molecule has 3 aromatic rings. The number of aromatic carboxylic acids is 1. The number of benzene rings is 3. The number of thioether (sulfide) groups is 1. The van der Waals surface area contributed by atoms with Crippen LogP contribution in [0, 0.1) is 0 Å². The third-order valence-corrected chi connectivity index (χ3v) is 9.55. The predicted octanol–water partition coefficient (Wildman–Crippen LogP) is 6.11. The lowest BCUT2D eigenvalue weighted by Gasteiger charge is -2.29. The number of hydrogen-bond donors (Lipinski definition) is 1. The molecule has 0 amide bonds. The van der Waals surface area contributed by atoms with Crippen molar-refractivity contribution in [3.63, 3.8) is 0 Å². The number of fused-ring (bicyclic) bond motifs is 1. The number of sulfonamides is 1. The van der Waals surface area contributed by atoms with Crippen LogP contribution in [0.2, 0.25) is 0 Å². The molecule has 0 saturated carbocycles. The Bertz CT molecular complexity index is 1390. The van der Waals surface area contributed by atoms with E-state index in [0.29, 0.717) is 23.4 Å². The molecule has 3 aromatic carbocycles. The number of carbonyl (C=O) groups is 1. The van der Waals surface area contributed by atoms with E-state index in [1.54, 1.807) is 25.2 Å². The number of para-hydroxylation sites is 2. The molecule has 1 atom stereocenters. The second-order valence-corrected chi connectivity index (χ2v) is 11.8. The third-order valence-electron chi connectivity index (χ3n) is 6.83. The van der Waals surface area contributed by atoms with Gasteiger partial charge < -0.3 is 14.7 Å². The van der Waals surface area contributed by atoms with Crippen LogP contribution in [0.25, 0.3) is 11.1 Å². The first-order valence-electron chi connectivity index (χ1n) is 12.2. The number of anilines is 2. The SMILES string of the molecule is CCCCC1CN(c2ccccc2)c2cc(SC)c(-c3cccc(C(=O)O)c3OC)cc2S(=O)(=O)N1C. The lowest BCUT2D eigenvalue weighted by molar-refractivity contribution is 0.0693. The monoisotopic (exact) mass is 540 g/mol. The van der Waals surface area contributed by atoms with Gasteiger partial charge in [0.15, 0.2) is 0 Å². The van der Waals surface area contributed by atoms with Crippen molar-refractivity contribution in [3.05, 3.63) is 66.2 Å².